The van der Waals surface area contributed by atoms with Crippen molar-refractivity contribution in [3.05, 3.63) is 58.1 Å². The first kappa shape index (κ1) is 14.8. The van der Waals surface area contributed by atoms with Gasteiger partial charge in [-0.15, -0.1) is 0 Å². The zero-order chi connectivity index (χ0) is 15.6. The molecule has 110 valence electrons. The van der Waals surface area contributed by atoms with Crippen LogP contribution in [0, 0.1) is 17.0 Å². The fourth-order valence-electron chi connectivity index (χ4n) is 1.71. The monoisotopic (exact) mass is 307 g/mol. The smallest absolute Gasteiger partial charge is 0.295 e. The van der Waals surface area contributed by atoms with E-state index in [1.165, 1.54) is 24.3 Å². The van der Waals surface area contributed by atoms with Crippen molar-refractivity contribution in [3.8, 4) is 0 Å². The summed E-state index contributed by atoms with van der Waals surface area (Å²) >= 11 is 0. The molecule has 8 heteroatoms. The van der Waals surface area contributed by atoms with Gasteiger partial charge in [-0.2, -0.15) is 0 Å². The normalized spacial score (nSPS) is 11.1. The number of nitro groups is 1. The lowest BCUT2D eigenvalue weighted by molar-refractivity contribution is -0.383. The number of nitrogens with zero attached hydrogens (tertiary/aromatic N) is 1. The highest BCUT2D eigenvalue weighted by Gasteiger charge is 2.20. The molecular weight excluding hydrogens is 294 g/mol. The molecule has 0 saturated heterocycles. The second-order valence-electron chi connectivity index (χ2n) is 4.45. The molecule has 0 bridgehead atoms. The Balaban J connectivity index is 2.41. The van der Waals surface area contributed by atoms with Crippen LogP contribution in [0.25, 0.3) is 0 Å². The van der Waals surface area contributed by atoms with E-state index in [0.717, 1.165) is 11.6 Å². The van der Waals surface area contributed by atoms with Gasteiger partial charge in [0.1, 0.15) is 5.69 Å². The molecule has 0 radical (unpaired) electrons. The van der Waals surface area contributed by atoms with Gasteiger partial charge in [-0.25, -0.2) is 8.42 Å². The molecule has 2 rings (SSSR count). The number of nitrogen functional groups attached to an aromatic ring is 1. The third kappa shape index (κ3) is 3.29. The van der Waals surface area contributed by atoms with Gasteiger partial charge < -0.3 is 5.73 Å². The Hall–Kier alpha value is -2.61. The Labute approximate surface area is 121 Å². The molecule has 0 atom stereocenters. The third-order valence-corrected chi connectivity index (χ3v) is 4.18. The number of aryl methyl sites for hydroxylation is 1. The molecular formula is C13H13N3O4S. The summed E-state index contributed by atoms with van der Waals surface area (Å²) in [6, 6.07) is 9.91. The van der Waals surface area contributed by atoms with Crippen LogP contribution in [0.5, 0.6) is 0 Å². The van der Waals surface area contributed by atoms with Gasteiger partial charge in [0.05, 0.1) is 9.82 Å². The van der Waals surface area contributed by atoms with Crippen molar-refractivity contribution in [3.63, 3.8) is 0 Å². The lowest BCUT2D eigenvalue weighted by Crippen LogP contribution is -2.14. The Morgan fingerprint density at radius 1 is 1.14 bits per heavy atom. The highest BCUT2D eigenvalue weighted by Crippen LogP contribution is 2.28. The van der Waals surface area contributed by atoms with E-state index in [1.807, 2.05) is 6.92 Å². The summed E-state index contributed by atoms with van der Waals surface area (Å²) < 4.78 is 26.6. The van der Waals surface area contributed by atoms with Crippen molar-refractivity contribution in [1.29, 1.82) is 0 Å². The highest BCUT2D eigenvalue weighted by atomic mass is 32.2. The average Bonchev–Trinajstić information content (AvgIpc) is 2.41. The second-order valence-corrected chi connectivity index (χ2v) is 6.13. The Morgan fingerprint density at radius 2 is 1.76 bits per heavy atom. The van der Waals surface area contributed by atoms with Crippen molar-refractivity contribution in [2.75, 3.05) is 10.5 Å². The maximum absolute atomic E-state index is 12.2. The summed E-state index contributed by atoms with van der Waals surface area (Å²) in [5.41, 5.74) is 6.04. The molecule has 7 nitrogen and oxygen atoms in total. The first-order chi connectivity index (χ1) is 9.79. The fraction of sp³-hybridized carbons (Fsp3) is 0.0769. The van der Waals surface area contributed by atoms with Gasteiger partial charge in [0.15, 0.2) is 0 Å². The summed E-state index contributed by atoms with van der Waals surface area (Å²) in [4.78, 5) is 10.3. The largest absolute Gasteiger partial charge is 0.399 e. The van der Waals surface area contributed by atoms with Gasteiger partial charge >= 0.3 is 0 Å². The molecule has 3 N–H and O–H groups in total. The number of anilines is 2. The van der Waals surface area contributed by atoms with E-state index in [2.05, 4.69) is 4.72 Å². The van der Waals surface area contributed by atoms with Crippen LogP contribution in [0.4, 0.5) is 17.1 Å². The molecule has 0 aliphatic heterocycles. The van der Waals surface area contributed by atoms with Gasteiger partial charge in [-0.05, 0) is 31.2 Å². The van der Waals surface area contributed by atoms with Gasteiger partial charge in [-0.1, -0.05) is 17.7 Å². The Kier molecular flexibility index (Phi) is 3.81. The molecule has 0 amide bonds. The molecule has 2 aromatic rings. The van der Waals surface area contributed by atoms with Crippen LogP contribution < -0.4 is 10.5 Å². The van der Waals surface area contributed by atoms with Crippen molar-refractivity contribution in [2.24, 2.45) is 0 Å². The summed E-state index contributed by atoms with van der Waals surface area (Å²) in [5.74, 6) is 0. The third-order valence-electron chi connectivity index (χ3n) is 2.79. The predicted octanol–water partition coefficient (Wildman–Crippen LogP) is 2.29. The maximum atomic E-state index is 12.2. The number of sulfonamides is 1. The number of rotatable bonds is 4. The van der Waals surface area contributed by atoms with E-state index in [4.69, 9.17) is 5.73 Å². The summed E-state index contributed by atoms with van der Waals surface area (Å²) in [5, 5.41) is 11.0. The molecule has 0 fully saturated rings. The Morgan fingerprint density at radius 3 is 2.33 bits per heavy atom. The van der Waals surface area contributed by atoms with E-state index >= 15 is 0 Å². The molecule has 2 aromatic carbocycles. The lowest BCUT2D eigenvalue weighted by atomic mass is 10.2. The molecule has 0 saturated carbocycles. The summed E-state index contributed by atoms with van der Waals surface area (Å²) in [7, 11) is -3.89. The molecule has 0 unspecified atom stereocenters. The summed E-state index contributed by atoms with van der Waals surface area (Å²) in [6.07, 6.45) is 0. The maximum Gasteiger partial charge on any atom is 0.295 e. The molecule has 0 aromatic heterocycles. The average molecular weight is 307 g/mol. The summed E-state index contributed by atoms with van der Waals surface area (Å²) in [6.45, 7) is 1.83. The van der Waals surface area contributed by atoms with E-state index in [-0.39, 0.29) is 16.3 Å². The molecule has 0 aliphatic carbocycles. The van der Waals surface area contributed by atoms with Gasteiger partial charge in [0, 0.05) is 11.8 Å². The number of hydrogen-bond donors (Lipinski definition) is 2. The van der Waals surface area contributed by atoms with E-state index in [1.54, 1.807) is 12.1 Å². The van der Waals surface area contributed by atoms with Crippen molar-refractivity contribution >= 4 is 27.1 Å². The number of benzene rings is 2. The van der Waals surface area contributed by atoms with Crippen LogP contribution >= 0.6 is 0 Å². The Bertz CT molecular complexity index is 786. The van der Waals surface area contributed by atoms with Gasteiger partial charge in [0.2, 0.25) is 0 Å². The number of nitrogens with two attached hydrogens (primary N) is 1. The van der Waals surface area contributed by atoms with Gasteiger partial charge in [-0.3, -0.25) is 14.8 Å². The van der Waals surface area contributed by atoms with Crippen molar-refractivity contribution in [1.82, 2.24) is 0 Å². The first-order valence-corrected chi connectivity index (χ1v) is 7.41. The number of hydrogen-bond acceptors (Lipinski definition) is 5. The lowest BCUT2D eigenvalue weighted by Gasteiger charge is -2.09. The fourth-order valence-corrected chi connectivity index (χ4v) is 2.78. The topological polar surface area (TPSA) is 115 Å². The SMILES string of the molecule is Cc1ccc(S(=O)(=O)Nc2ccc(N)cc2[N+](=O)[O-])cc1. The van der Waals surface area contributed by atoms with Gasteiger partial charge in [0.25, 0.3) is 15.7 Å². The minimum atomic E-state index is -3.89. The van der Waals surface area contributed by atoms with Crippen LogP contribution in [-0.4, -0.2) is 13.3 Å². The molecule has 0 spiro atoms. The van der Waals surface area contributed by atoms with Crippen LogP contribution in [0.15, 0.2) is 47.4 Å². The zero-order valence-electron chi connectivity index (χ0n) is 11.1. The number of nitro benzene ring substituents is 1. The standard InChI is InChI=1S/C13H13N3O4S/c1-9-2-5-11(6-3-9)21(19,20)15-12-7-4-10(14)8-13(12)16(17)18/h2-8,15H,14H2,1H3. The second kappa shape index (κ2) is 5.41. The molecule has 21 heavy (non-hydrogen) atoms. The van der Waals surface area contributed by atoms with Crippen molar-refractivity contribution in [2.45, 2.75) is 11.8 Å². The predicted molar refractivity (Wildman–Crippen MR) is 79.5 cm³/mol. The van der Waals surface area contributed by atoms with Crippen LogP contribution in [0.1, 0.15) is 5.56 Å². The molecule has 0 heterocycles. The van der Waals surface area contributed by atoms with E-state index in [9.17, 15) is 18.5 Å². The quantitative estimate of drug-likeness (QED) is 0.511. The van der Waals surface area contributed by atoms with Crippen LogP contribution in [-0.2, 0) is 10.0 Å². The van der Waals surface area contributed by atoms with Crippen LogP contribution in [0.3, 0.4) is 0 Å². The minimum absolute atomic E-state index is 0.0271. The van der Waals surface area contributed by atoms with Crippen molar-refractivity contribution < 1.29 is 13.3 Å². The zero-order valence-corrected chi connectivity index (χ0v) is 11.9. The van der Waals surface area contributed by atoms with Crippen LogP contribution in [0.2, 0.25) is 0 Å². The number of nitrogens with one attached hydrogen (secondary N) is 1. The first-order valence-electron chi connectivity index (χ1n) is 5.93. The highest BCUT2D eigenvalue weighted by molar-refractivity contribution is 7.92. The van der Waals surface area contributed by atoms with E-state index in [0.29, 0.717) is 0 Å². The van der Waals surface area contributed by atoms with E-state index < -0.39 is 20.6 Å². The minimum Gasteiger partial charge on any atom is -0.399 e. The molecule has 0 aliphatic rings.